The second kappa shape index (κ2) is 7.54. The monoisotopic (exact) mass is 490 g/mol. The lowest BCUT2D eigenvalue weighted by atomic mass is 9.86. The maximum Gasteiger partial charge on any atom is 0.460 e. The summed E-state index contributed by atoms with van der Waals surface area (Å²) in [5.74, 6) is -37.3. The molecule has 0 amide bonds. The summed E-state index contributed by atoms with van der Waals surface area (Å²) >= 11 is 0. The van der Waals surface area contributed by atoms with Gasteiger partial charge in [-0.2, -0.15) is 62.2 Å². The van der Waals surface area contributed by atoms with Crippen LogP contribution in [-0.2, 0) is 0 Å². The molecule has 0 spiro atoms. The maximum absolute atomic E-state index is 14.8. The Hall–Kier alpha value is -2.48. The quantitative estimate of drug-likeness (QED) is 0.408. The number of rotatable bonds is 6. The standard InChI is InChI=1S/C17H11F13N2/c1-2-7-32-11(10-6-4-3-5-9(10)8-31-32)12(18,19)13(20,21)14(22,23)15(24,25)16(26,27)17(28,29)30/h2-8,11H,1H3. The Morgan fingerprint density at radius 1 is 0.750 bits per heavy atom. The zero-order chi connectivity index (χ0) is 25.0. The molecule has 1 unspecified atom stereocenters. The van der Waals surface area contributed by atoms with Gasteiger partial charge in [0.25, 0.3) is 0 Å². The van der Waals surface area contributed by atoms with Gasteiger partial charge < -0.3 is 0 Å². The van der Waals surface area contributed by atoms with Gasteiger partial charge in [0.1, 0.15) is 6.04 Å². The molecule has 1 aliphatic heterocycles. The number of hydrogen-bond donors (Lipinski definition) is 0. The number of nitrogens with zero attached hydrogens (tertiary/aromatic N) is 2. The van der Waals surface area contributed by atoms with Crippen molar-refractivity contribution in [2.75, 3.05) is 0 Å². The Balaban J connectivity index is 2.71. The van der Waals surface area contributed by atoms with Crippen LogP contribution in [0.1, 0.15) is 24.1 Å². The molecule has 1 heterocycles. The first-order valence-corrected chi connectivity index (χ1v) is 8.29. The van der Waals surface area contributed by atoms with E-state index in [-0.39, 0.29) is 10.6 Å². The summed E-state index contributed by atoms with van der Waals surface area (Å²) in [5.41, 5.74) is -1.20. The average molecular weight is 490 g/mol. The zero-order valence-electron chi connectivity index (χ0n) is 15.4. The average Bonchev–Trinajstić information content (AvgIpc) is 2.66. The van der Waals surface area contributed by atoms with Gasteiger partial charge in [-0.05, 0) is 12.5 Å². The van der Waals surface area contributed by atoms with Crippen molar-refractivity contribution in [3.05, 3.63) is 47.7 Å². The van der Waals surface area contributed by atoms with Crippen LogP contribution < -0.4 is 0 Å². The third-order valence-electron chi connectivity index (χ3n) is 4.49. The van der Waals surface area contributed by atoms with Gasteiger partial charge in [-0.3, -0.25) is 5.01 Å². The molecule has 15 heteroatoms. The fourth-order valence-corrected chi connectivity index (χ4v) is 2.81. The summed E-state index contributed by atoms with van der Waals surface area (Å²) < 4.78 is 176. The molecule has 32 heavy (non-hydrogen) atoms. The maximum atomic E-state index is 14.8. The van der Waals surface area contributed by atoms with E-state index in [1.165, 1.54) is 6.07 Å². The normalized spacial score (nSPS) is 18.9. The Labute approximate surface area is 171 Å². The minimum Gasteiger partial charge on any atom is -0.259 e. The van der Waals surface area contributed by atoms with E-state index in [0.29, 0.717) is 12.3 Å². The van der Waals surface area contributed by atoms with Crippen LogP contribution >= 0.6 is 0 Å². The Bertz CT molecular complexity index is 902. The van der Waals surface area contributed by atoms with E-state index >= 15 is 0 Å². The summed E-state index contributed by atoms with van der Waals surface area (Å²) in [4.78, 5) is 0. The van der Waals surface area contributed by atoms with Crippen LogP contribution in [0.4, 0.5) is 57.1 Å². The molecule has 2 rings (SSSR count). The minimum absolute atomic E-state index is 0.0353. The van der Waals surface area contributed by atoms with Crippen molar-refractivity contribution in [2.45, 2.75) is 48.8 Å². The number of allylic oxidation sites excluding steroid dienone is 1. The topological polar surface area (TPSA) is 15.6 Å². The van der Waals surface area contributed by atoms with Crippen LogP contribution in [0.15, 0.2) is 41.6 Å². The van der Waals surface area contributed by atoms with Crippen molar-refractivity contribution >= 4 is 6.21 Å². The summed E-state index contributed by atoms with van der Waals surface area (Å²) in [6, 6.07) is 0.633. The van der Waals surface area contributed by atoms with Gasteiger partial charge in [0, 0.05) is 11.8 Å². The molecule has 1 aromatic rings. The summed E-state index contributed by atoms with van der Waals surface area (Å²) in [5, 5.41) is 3.27. The number of benzene rings is 1. The number of hydrazone groups is 1. The Morgan fingerprint density at radius 2 is 1.25 bits per heavy atom. The molecule has 0 N–H and O–H groups in total. The summed E-state index contributed by atoms with van der Waals surface area (Å²) in [7, 11) is 0. The molecule has 1 atom stereocenters. The highest BCUT2D eigenvalue weighted by atomic mass is 19.4. The molecule has 0 saturated heterocycles. The first-order chi connectivity index (χ1) is 14.3. The molecule has 0 fully saturated rings. The Morgan fingerprint density at radius 3 is 1.75 bits per heavy atom. The molecule has 1 aromatic carbocycles. The molecular weight excluding hydrogens is 479 g/mol. The summed E-state index contributed by atoms with van der Waals surface area (Å²) in [6.07, 6.45) is -5.16. The fourth-order valence-electron chi connectivity index (χ4n) is 2.81. The van der Waals surface area contributed by atoms with Crippen LogP contribution in [-0.4, -0.2) is 47.0 Å². The van der Waals surface area contributed by atoms with Gasteiger partial charge in [-0.15, -0.1) is 0 Å². The van der Waals surface area contributed by atoms with Crippen LogP contribution in [0.25, 0.3) is 0 Å². The van der Waals surface area contributed by atoms with Gasteiger partial charge in [0.05, 0.1) is 6.21 Å². The van der Waals surface area contributed by atoms with Crippen LogP contribution in [0, 0.1) is 0 Å². The van der Waals surface area contributed by atoms with Crippen molar-refractivity contribution < 1.29 is 57.1 Å². The molecular formula is C17H11F13N2. The van der Waals surface area contributed by atoms with E-state index in [4.69, 9.17) is 0 Å². The van der Waals surface area contributed by atoms with E-state index in [1.54, 1.807) is 0 Å². The third-order valence-corrected chi connectivity index (χ3v) is 4.49. The van der Waals surface area contributed by atoms with Gasteiger partial charge in [-0.1, -0.05) is 30.3 Å². The second-order valence-corrected chi connectivity index (χ2v) is 6.56. The second-order valence-electron chi connectivity index (χ2n) is 6.56. The first-order valence-electron chi connectivity index (χ1n) is 8.29. The predicted molar refractivity (Wildman–Crippen MR) is 84.2 cm³/mol. The molecule has 180 valence electrons. The predicted octanol–water partition coefficient (Wildman–Crippen LogP) is 6.65. The van der Waals surface area contributed by atoms with E-state index in [1.807, 2.05) is 0 Å². The lowest BCUT2D eigenvalue weighted by molar-refractivity contribution is -0.443. The molecule has 2 nitrogen and oxygen atoms in total. The van der Waals surface area contributed by atoms with E-state index < -0.39 is 47.4 Å². The minimum atomic E-state index is -7.95. The summed E-state index contributed by atoms with van der Waals surface area (Å²) in [6.45, 7) is 1.15. The van der Waals surface area contributed by atoms with Gasteiger partial charge in [-0.25, -0.2) is 0 Å². The van der Waals surface area contributed by atoms with E-state index in [9.17, 15) is 57.1 Å². The van der Waals surface area contributed by atoms with Crippen molar-refractivity contribution in [3.63, 3.8) is 0 Å². The molecule has 0 aromatic heterocycles. The highest BCUT2D eigenvalue weighted by Gasteiger charge is 2.91. The number of alkyl halides is 13. The molecule has 0 saturated carbocycles. The Kier molecular flexibility index (Phi) is 6.07. The molecule has 1 aliphatic rings. The van der Waals surface area contributed by atoms with Crippen molar-refractivity contribution in [1.29, 1.82) is 0 Å². The van der Waals surface area contributed by atoms with E-state index in [2.05, 4.69) is 5.10 Å². The van der Waals surface area contributed by atoms with E-state index in [0.717, 1.165) is 31.3 Å². The SMILES string of the molecule is CC=CN1N=Cc2ccccc2C1C(F)(F)C(F)(F)C(F)(F)C(F)(F)C(F)(F)C(F)(F)F. The lowest BCUT2D eigenvalue weighted by Crippen LogP contribution is -2.71. The van der Waals surface area contributed by atoms with Gasteiger partial charge in [0.15, 0.2) is 0 Å². The van der Waals surface area contributed by atoms with Gasteiger partial charge >= 0.3 is 35.8 Å². The first kappa shape index (κ1) is 25.8. The van der Waals surface area contributed by atoms with Crippen LogP contribution in [0.2, 0.25) is 0 Å². The molecule has 0 radical (unpaired) electrons. The highest BCUT2D eigenvalue weighted by Crippen LogP contribution is 2.62. The third kappa shape index (κ3) is 3.39. The number of fused-ring (bicyclic) bond motifs is 1. The largest absolute Gasteiger partial charge is 0.460 e. The lowest BCUT2D eigenvalue weighted by Gasteiger charge is -2.44. The van der Waals surface area contributed by atoms with Crippen molar-refractivity contribution in [3.8, 4) is 0 Å². The van der Waals surface area contributed by atoms with Crippen molar-refractivity contribution in [1.82, 2.24) is 5.01 Å². The number of hydrogen-bond acceptors (Lipinski definition) is 2. The van der Waals surface area contributed by atoms with Crippen LogP contribution in [0.5, 0.6) is 0 Å². The highest BCUT2D eigenvalue weighted by molar-refractivity contribution is 5.83. The zero-order valence-corrected chi connectivity index (χ0v) is 15.4. The number of halogens is 13. The smallest absolute Gasteiger partial charge is 0.259 e. The van der Waals surface area contributed by atoms with Gasteiger partial charge in [0.2, 0.25) is 0 Å². The van der Waals surface area contributed by atoms with Crippen molar-refractivity contribution in [2.24, 2.45) is 5.10 Å². The fraction of sp³-hybridized carbons (Fsp3) is 0.471. The molecule has 0 bridgehead atoms. The van der Waals surface area contributed by atoms with Crippen LogP contribution in [0.3, 0.4) is 0 Å². The molecule has 0 aliphatic carbocycles.